The molecular formula is C27H28FN7. The van der Waals surface area contributed by atoms with Crippen molar-refractivity contribution < 1.29 is 4.39 Å². The van der Waals surface area contributed by atoms with E-state index in [1.54, 1.807) is 12.4 Å². The maximum absolute atomic E-state index is 15.4. The van der Waals surface area contributed by atoms with Crippen molar-refractivity contribution in [2.75, 3.05) is 36.4 Å². The third kappa shape index (κ3) is 4.04. The number of nitrogens with one attached hydrogen (secondary N) is 1. The summed E-state index contributed by atoms with van der Waals surface area (Å²) in [4.78, 5) is 18.2. The van der Waals surface area contributed by atoms with Crippen LogP contribution in [0.4, 0.5) is 21.6 Å². The van der Waals surface area contributed by atoms with E-state index < -0.39 is 0 Å². The van der Waals surface area contributed by atoms with Gasteiger partial charge >= 0.3 is 0 Å². The highest BCUT2D eigenvalue weighted by molar-refractivity contribution is 5.87. The summed E-state index contributed by atoms with van der Waals surface area (Å²) in [6.45, 7) is 9.22. The molecule has 2 aliphatic rings. The van der Waals surface area contributed by atoms with Gasteiger partial charge in [-0.2, -0.15) is 4.39 Å². The van der Waals surface area contributed by atoms with Gasteiger partial charge in [0.2, 0.25) is 5.95 Å². The highest BCUT2D eigenvalue weighted by atomic mass is 19.1. The van der Waals surface area contributed by atoms with Crippen LogP contribution in [0.5, 0.6) is 0 Å². The topological polar surface area (TPSA) is 61.1 Å². The van der Waals surface area contributed by atoms with Crippen LogP contribution < -0.4 is 10.2 Å². The number of benzene rings is 1. The molecule has 6 rings (SSSR count). The number of fused-ring (bicyclic) bond motifs is 2. The summed E-state index contributed by atoms with van der Waals surface area (Å²) < 4.78 is 16.9. The highest BCUT2D eigenvalue weighted by Gasteiger charge is 2.20. The third-order valence-electron chi connectivity index (χ3n) is 6.97. The Morgan fingerprint density at radius 3 is 2.63 bits per heavy atom. The van der Waals surface area contributed by atoms with Crippen LogP contribution in [0.15, 0.2) is 60.0 Å². The lowest BCUT2D eigenvalue weighted by atomic mass is 10.0. The number of pyridine rings is 2. The number of halogens is 1. The molecule has 0 aliphatic carbocycles. The van der Waals surface area contributed by atoms with Crippen LogP contribution in [0.3, 0.4) is 0 Å². The van der Waals surface area contributed by atoms with E-state index >= 15 is 4.39 Å². The summed E-state index contributed by atoms with van der Waals surface area (Å²) in [6, 6.07) is 12.4. The van der Waals surface area contributed by atoms with Gasteiger partial charge in [-0.1, -0.05) is 12.1 Å². The monoisotopic (exact) mass is 469 g/mol. The van der Waals surface area contributed by atoms with Gasteiger partial charge in [0.05, 0.1) is 24.1 Å². The van der Waals surface area contributed by atoms with Crippen molar-refractivity contribution in [2.24, 2.45) is 4.99 Å². The Bertz CT molecular complexity index is 1400. The summed E-state index contributed by atoms with van der Waals surface area (Å²) in [5, 5.41) is 3.36. The Morgan fingerprint density at radius 2 is 1.86 bits per heavy atom. The second-order valence-corrected chi connectivity index (χ2v) is 9.41. The first-order chi connectivity index (χ1) is 17.1. The maximum Gasteiger partial charge on any atom is 0.207 e. The Hall–Kier alpha value is -3.78. The van der Waals surface area contributed by atoms with Crippen LogP contribution >= 0.6 is 0 Å². The van der Waals surface area contributed by atoms with Crippen molar-refractivity contribution in [2.45, 2.75) is 26.4 Å². The van der Waals surface area contributed by atoms with E-state index in [1.165, 1.54) is 4.40 Å². The molecule has 1 aromatic carbocycles. The summed E-state index contributed by atoms with van der Waals surface area (Å²) >= 11 is 0. The van der Waals surface area contributed by atoms with Crippen LogP contribution in [0.25, 0.3) is 16.8 Å². The minimum atomic E-state index is -0.342. The summed E-state index contributed by atoms with van der Waals surface area (Å²) in [5.74, 6) is 0.352. The number of hydrogen-bond donors (Lipinski definition) is 1. The largest absolute Gasteiger partial charge is 0.368 e. The first-order valence-corrected chi connectivity index (χ1v) is 12.1. The van der Waals surface area contributed by atoms with Crippen LogP contribution in [0.1, 0.15) is 25.0 Å². The van der Waals surface area contributed by atoms with Crippen LogP contribution in [-0.4, -0.2) is 57.7 Å². The molecular weight excluding hydrogens is 441 g/mol. The third-order valence-corrected chi connectivity index (χ3v) is 6.97. The fraction of sp³-hybridized carbons (Fsp3) is 0.296. The molecule has 0 saturated carbocycles. The number of aliphatic imine (C=N–C) groups is 1. The van der Waals surface area contributed by atoms with Gasteiger partial charge in [0.25, 0.3) is 0 Å². The van der Waals surface area contributed by atoms with Gasteiger partial charge in [0.15, 0.2) is 5.65 Å². The number of anilines is 3. The van der Waals surface area contributed by atoms with Crippen molar-refractivity contribution in [1.29, 1.82) is 0 Å². The molecule has 2 aliphatic heterocycles. The van der Waals surface area contributed by atoms with Gasteiger partial charge < -0.3 is 10.2 Å². The van der Waals surface area contributed by atoms with Crippen molar-refractivity contribution >= 4 is 29.1 Å². The lowest BCUT2D eigenvalue weighted by molar-refractivity contribution is 0.209. The first kappa shape index (κ1) is 21.7. The number of nitrogens with zero attached hydrogens (tertiary/aromatic N) is 6. The molecule has 5 heterocycles. The predicted molar refractivity (Wildman–Crippen MR) is 138 cm³/mol. The molecule has 1 N–H and O–H groups in total. The number of rotatable bonds is 5. The second kappa shape index (κ2) is 8.78. The standard InChI is InChI=1S/C27H28FN7/c1-18(2)33-9-11-34(12-10-33)22-5-6-25(31-17-22)32-24-14-23(26(28)35-8-7-30-27(24)35)19-3-4-20-15-29-16-21(20)13-19/h3-8,13-15,17-18H,9-12,16H2,1-2H3,(H,31,32). The average Bonchev–Trinajstić information content (AvgIpc) is 3.56. The fourth-order valence-electron chi connectivity index (χ4n) is 4.91. The van der Waals surface area contributed by atoms with Crippen molar-refractivity contribution in [1.82, 2.24) is 19.3 Å². The summed E-state index contributed by atoms with van der Waals surface area (Å²) in [7, 11) is 0. The van der Waals surface area contributed by atoms with Gasteiger partial charge in [0, 0.05) is 56.4 Å². The van der Waals surface area contributed by atoms with E-state index in [2.05, 4.69) is 50.0 Å². The lowest BCUT2D eigenvalue weighted by Crippen LogP contribution is -2.48. The van der Waals surface area contributed by atoms with Gasteiger partial charge in [0.1, 0.15) is 5.82 Å². The normalized spacial score (nSPS) is 15.8. The Labute approximate surface area is 204 Å². The first-order valence-electron chi connectivity index (χ1n) is 12.1. The SMILES string of the molecule is CC(C)N1CCN(c2ccc(Nc3cc(-c4ccc5c(c4)CN=C5)c(F)n4ccnc34)nc2)CC1. The van der Waals surface area contributed by atoms with Crippen LogP contribution in [-0.2, 0) is 6.54 Å². The molecule has 1 saturated heterocycles. The number of aromatic nitrogens is 3. The molecule has 35 heavy (non-hydrogen) atoms. The Balaban J connectivity index is 1.27. The van der Waals surface area contributed by atoms with Crippen molar-refractivity contribution in [3.63, 3.8) is 0 Å². The molecule has 0 atom stereocenters. The zero-order chi connectivity index (χ0) is 23.9. The number of imidazole rings is 1. The van der Waals surface area contributed by atoms with Gasteiger partial charge in [-0.05, 0) is 54.8 Å². The number of hydrogen-bond acceptors (Lipinski definition) is 6. The second-order valence-electron chi connectivity index (χ2n) is 9.41. The highest BCUT2D eigenvalue weighted by Crippen LogP contribution is 2.32. The van der Waals surface area contributed by atoms with Crippen molar-refractivity contribution in [3.05, 3.63) is 72.1 Å². The number of piperazine rings is 1. The van der Waals surface area contributed by atoms with Crippen molar-refractivity contribution in [3.8, 4) is 11.1 Å². The molecule has 0 unspecified atom stereocenters. The average molecular weight is 470 g/mol. The predicted octanol–water partition coefficient (Wildman–Crippen LogP) is 4.74. The Kier molecular flexibility index (Phi) is 5.45. The van der Waals surface area contributed by atoms with E-state index in [1.807, 2.05) is 42.7 Å². The minimum absolute atomic E-state index is 0.342. The van der Waals surface area contributed by atoms with Gasteiger partial charge in [-0.25, -0.2) is 9.97 Å². The van der Waals surface area contributed by atoms with E-state index in [-0.39, 0.29) is 5.95 Å². The molecule has 0 bridgehead atoms. The molecule has 8 heteroatoms. The Morgan fingerprint density at radius 1 is 1.00 bits per heavy atom. The van der Waals surface area contributed by atoms with E-state index in [4.69, 9.17) is 0 Å². The van der Waals surface area contributed by atoms with E-state index in [9.17, 15) is 0 Å². The quantitative estimate of drug-likeness (QED) is 0.428. The smallest absolute Gasteiger partial charge is 0.207 e. The van der Waals surface area contributed by atoms with Gasteiger partial charge in [-0.15, -0.1) is 0 Å². The van der Waals surface area contributed by atoms with Crippen LogP contribution in [0, 0.1) is 5.95 Å². The van der Waals surface area contributed by atoms with E-state index in [0.717, 1.165) is 48.6 Å². The fourth-order valence-corrected chi connectivity index (χ4v) is 4.91. The minimum Gasteiger partial charge on any atom is -0.368 e. The summed E-state index contributed by atoms with van der Waals surface area (Å²) in [5.41, 5.74) is 5.85. The summed E-state index contributed by atoms with van der Waals surface area (Å²) in [6.07, 6.45) is 7.02. The van der Waals surface area contributed by atoms with E-state index in [0.29, 0.717) is 35.3 Å². The lowest BCUT2D eigenvalue weighted by Gasteiger charge is -2.38. The molecule has 0 spiro atoms. The molecule has 1 fully saturated rings. The molecule has 178 valence electrons. The van der Waals surface area contributed by atoms with Gasteiger partial charge in [-0.3, -0.25) is 14.3 Å². The molecule has 7 nitrogen and oxygen atoms in total. The zero-order valence-corrected chi connectivity index (χ0v) is 19.9. The molecule has 4 aromatic rings. The zero-order valence-electron chi connectivity index (χ0n) is 19.9. The maximum atomic E-state index is 15.4. The molecule has 0 radical (unpaired) electrons. The molecule has 0 amide bonds. The molecule has 3 aromatic heterocycles. The van der Waals surface area contributed by atoms with Crippen LogP contribution in [0.2, 0.25) is 0 Å².